The Bertz CT molecular complexity index is 1030. The molecule has 7 nitrogen and oxygen atoms in total. The highest BCUT2D eigenvalue weighted by molar-refractivity contribution is 7.92. The Morgan fingerprint density at radius 3 is 2.17 bits per heavy atom. The van der Waals surface area contributed by atoms with Crippen LogP contribution < -0.4 is 9.62 Å². The monoisotopic (exact) mass is 428 g/mol. The highest BCUT2D eigenvalue weighted by atomic mass is 32.2. The first kappa shape index (κ1) is 21.6. The van der Waals surface area contributed by atoms with Gasteiger partial charge in [-0.2, -0.15) is 0 Å². The topological polar surface area (TPSA) is 104 Å². The molecule has 0 saturated carbocycles. The number of aliphatic carboxylic acids is 1. The molecule has 0 bridgehead atoms. The first-order chi connectivity index (χ1) is 14.3. The maximum absolute atomic E-state index is 13.0. The fourth-order valence-corrected chi connectivity index (χ4v) is 5.01. The van der Waals surface area contributed by atoms with Crippen LogP contribution >= 0.6 is 0 Å². The Morgan fingerprint density at radius 1 is 1.00 bits per heavy atom. The molecule has 0 unspecified atom stereocenters. The molecule has 0 aromatic heterocycles. The SMILES string of the molecule is CCN(c1ccccc1)S(=O)(=O)c1ccc(NC(=O)[C@@H]2CC=CC[C@@H]2C(=O)O)cc1. The molecule has 30 heavy (non-hydrogen) atoms. The zero-order chi connectivity index (χ0) is 21.7. The molecule has 158 valence electrons. The van der Waals surface area contributed by atoms with Gasteiger partial charge in [0.15, 0.2) is 0 Å². The second kappa shape index (κ2) is 9.13. The van der Waals surface area contributed by atoms with Gasteiger partial charge in [0.1, 0.15) is 0 Å². The third-order valence-electron chi connectivity index (χ3n) is 5.13. The number of allylic oxidation sites excluding steroid dienone is 2. The standard InChI is InChI=1S/C22H24N2O5S/c1-2-24(17-8-4-3-5-9-17)30(28,29)18-14-12-16(13-15-18)23-21(25)19-10-6-7-11-20(19)22(26)27/h3-9,12-15,19-20H,2,10-11H2,1H3,(H,23,25)(H,26,27)/t19-,20+/m1/s1. The van der Waals surface area contributed by atoms with Crippen LogP contribution in [0.2, 0.25) is 0 Å². The number of sulfonamides is 1. The van der Waals surface area contributed by atoms with Crippen LogP contribution in [0.1, 0.15) is 19.8 Å². The number of hydrogen-bond acceptors (Lipinski definition) is 4. The van der Waals surface area contributed by atoms with Gasteiger partial charge in [0.25, 0.3) is 10.0 Å². The van der Waals surface area contributed by atoms with E-state index in [1.807, 2.05) is 12.1 Å². The number of carboxylic acids is 1. The molecular formula is C22H24N2O5S. The van der Waals surface area contributed by atoms with Crippen molar-refractivity contribution in [2.45, 2.75) is 24.7 Å². The lowest BCUT2D eigenvalue weighted by Crippen LogP contribution is -2.34. The van der Waals surface area contributed by atoms with Gasteiger partial charge < -0.3 is 10.4 Å². The van der Waals surface area contributed by atoms with Gasteiger partial charge in [0.2, 0.25) is 5.91 Å². The van der Waals surface area contributed by atoms with Crippen LogP contribution in [0.15, 0.2) is 71.6 Å². The van der Waals surface area contributed by atoms with Crippen LogP contribution in [-0.4, -0.2) is 31.9 Å². The summed E-state index contributed by atoms with van der Waals surface area (Å²) in [4.78, 5) is 24.1. The van der Waals surface area contributed by atoms with Crippen molar-refractivity contribution in [1.82, 2.24) is 0 Å². The van der Waals surface area contributed by atoms with Crippen molar-refractivity contribution < 1.29 is 23.1 Å². The minimum absolute atomic E-state index is 0.107. The van der Waals surface area contributed by atoms with Crippen LogP contribution in [0, 0.1) is 11.8 Å². The van der Waals surface area contributed by atoms with E-state index >= 15 is 0 Å². The fourth-order valence-electron chi connectivity index (χ4n) is 3.53. The van der Waals surface area contributed by atoms with E-state index in [1.165, 1.54) is 28.6 Å². The molecule has 2 aromatic carbocycles. The van der Waals surface area contributed by atoms with E-state index in [4.69, 9.17) is 0 Å². The maximum Gasteiger partial charge on any atom is 0.307 e. The lowest BCUT2D eigenvalue weighted by molar-refractivity contribution is -0.146. The van der Waals surface area contributed by atoms with Gasteiger partial charge in [-0.1, -0.05) is 30.4 Å². The van der Waals surface area contributed by atoms with Gasteiger partial charge in [0.05, 0.1) is 22.4 Å². The Kier molecular flexibility index (Phi) is 6.56. The third-order valence-corrected chi connectivity index (χ3v) is 7.04. The van der Waals surface area contributed by atoms with Crippen LogP contribution in [-0.2, 0) is 19.6 Å². The molecule has 2 atom stereocenters. The Hall–Kier alpha value is -3.13. The molecule has 0 heterocycles. The summed E-state index contributed by atoms with van der Waals surface area (Å²) in [5.41, 5.74) is 0.989. The molecule has 1 amide bonds. The molecular weight excluding hydrogens is 404 g/mol. The summed E-state index contributed by atoms with van der Waals surface area (Å²) in [6.45, 7) is 2.03. The number of anilines is 2. The van der Waals surface area contributed by atoms with E-state index in [9.17, 15) is 23.1 Å². The zero-order valence-electron chi connectivity index (χ0n) is 16.6. The van der Waals surface area contributed by atoms with Gasteiger partial charge in [-0.15, -0.1) is 0 Å². The number of rotatable bonds is 7. The predicted molar refractivity (Wildman–Crippen MR) is 115 cm³/mol. The Morgan fingerprint density at radius 2 is 1.60 bits per heavy atom. The quantitative estimate of drug-likeness (QED) is 0.657. The summed E-state index contributed by atoms with van der Waals surface area (Å²) in [6.07, 6.45) is 4.26. The fraction of sp³-hybridized carbons (Fsp3) is 0.273. The minimum atomic E-state index is -3.76. The molecule has 0 fully saturated rings. The molecule has 1 aliphatic rings. The van der Waals surface area contributed by atoms with Gasteiger partial charge >= 0.3 is 5.97 Å². The first-order valence-electron chi connectivity index (χ1n) is 9.71. The summed E-state index contributed by atoms with van der Waals surface area (Å²) in [7, 11) is -3.76. The number of carbonyl (C=O) groups excluding carboxylic acids is 1. The van der Waals surface area contributed by atoms with E-state index in [0.29, 0.717) is 24.2 Å². The number of carboxylic acid groups (broad SMARTS) is 1. The average Bonchev–Trinajstić information content (AvgIpc) is 2.75. The molecule has 0 spiro atoms. The summed E-state index contributed by atoms with van der Waals surface area (Å²) in [6, 6.07) is 14.7. The first-order valence-corrected chi connectivity index (χ1v) is 11.1. The van der Waals surface area contributed by atoms with Crippen LogP contribution in [0.5, 0.6) is 0 Å². The van der Waals surface area contributed by atoms with Crippen molar-refractivity contribution in [2.24, 2.45) is 11.8 Å². The molecule has 2 N–H and O–H groups in total. The van der Waals surface area contributed by atoms with Gasteiger partial charge in [-0.05, 0) is 56.2 Å². The molecule has 8 heteroatoms. The van der Waals surface area contributed by atoms with Crippen molar-refractivity contribution in [2.75, 3.05) is 16.2 Å². The molecule has 0 aliphatic heterocycles. The average molecular weight is 429 g/mol. The van der Waals surface area contributed by atoms with Gasteiger partial charge in [0, 0.05) is 12.2 Å². The van der Waals surface area contributed by atoms with Crippen molar-refractivity contribution in [3.8, 4) is 0 Å². The molecule has 3 rings (SSSR count). The van der Waals surface area contributed by atoms with Gasteiger partial charge in [-0.3, -0.25) is 13.9 Å². The summed E-state index contributed by atoms with van der Waals surface area (Å²) >= 11 is 0. The number of nitrogens with zero attached hydrogens (tertiary/aromatic N) is 1. The molecule has 0 saturated heterocycles. The smallest absolute Gasteiger partial charge is 0.307 e. The maximum atomic E-state index is 13.0. The molecule has 2 aromatic rings. The highest BCUT2D eigenvalue weighted by Gasteiger charge is 2.34. The largest absolute Gasteiger partial charge is 0.481 e. The number of hydrogen-bond donors (Lipinski definition) is 2. The lowest BCUT2D eigenvalue weighted by Gasteiger charge is -2.24. The van der Waals surface area contributed by atoms with E-state index in [0.717, 1.165) is 0 Å². The number of amides is 1. The van der Waals surface area contributed by atoms with Crippen molar-refractivity contribution in [1.29, 1.82) is 0 Å². The number of carbonyl (C=O) groups is 2. The van der Waals surface area contributed by atoms with Crippen molar-refractivity contribution in [3.05, 3.63) is 66.7 Å². The second-order valence-corrected chi connectivity index (χ2v) is 8.88. The van der Waals surface area contributed by atoms with Crippen LogP contribution in [0.4, 0.5) is 11.4 Å². The van der Waals surface area contributed by atoms with E-state index < -0.39 is 27.8 Å². The van der Waals surface area contributed by atoms with Crippen LogP contribution in [0.3, 0.4) is 0 Å². The van der Waals surface area contributed by atoms with Crippen molar-refractivity contribution in [3.63, 3.8) is 0 Å². The lowest BCUT2D eigenvalue weighted by atomic mass is 9.82. The number of para-hydroxylation sites is 1. The van der Waals surface area contributed by atoms with Gasteiger partial charge in [-0.25, -0.2) is 8.42 Å². The Balaban J connectivity index is 1.76. The van der Waals surface area contributed by atoms with E-state index in [1.54, 1.807) is 37.3 Å². The predicted octanol–water partition coefficient (Wildman–Crippen LogP) is 3.51. The van der Waals surface area contributed by atoms with Crippen molar-refractivity contribution >= 4 is 33.3 Å². The van der Waals surface area contributed by atoms with E-state index in [-0.39, 0.29) is 17.3 Å². The Labute approximate surface area is 176 Å². The number of benzene rings is 2. The normalized spacial score (nSPS) is 18.6. The zero-order valence-corrected chi connectivity index (χ0v) is 17.4. The second-order valence-electron chi connectivity index (χ2n) is 7.01. The highest BCUT2D eigenvalue weighted by Crippen LogP contribution is 2.28. The van der Waals surface area contributed by atoms with Crippen LogP contribution in [0.25, 0.3) is 0 Å². The summed E-state index contributed by atoms with van der Waals surface area (Å²) in [5.74, 6) is -2.81. The molecule has 0 radical (unpaired) electrons. The minimum Gasteiger partial charge on any atom is -0.481 e. The molecule has 1 aliphatic carbocycles. The number of nitrogens with one attached hydrogen (secondary N) is 1. The van der Waals surface area contributed by atoms with E-state index in [2.05, 4.69) is 5.32 Å². The summed E-state index contributed by atoms with van der Waals surface area (Å²) in [5, 5.41) is 12.0. The summed E-state index contributed by atoms with van der Waals surface area (Å²) < 4.78 is 27.4. The third kappa shape index (κ3) is 4.54.